The van der Waals surface area contributed by atoms with Gasteiger partial charge in [-0.25, -0.2) is 0 Å². The van der Waals surface area contributed by atoms with E-state index in [-0.39, 0.29) is 0 Å². The first-order valence-electron chi connectivity index (χ1n) is 2.84. The molecule has 0 saturated heterocycles. The van der Waals surface area contributed by atoms with Gasteiger partial charge >= 0.3 is 0 Å². The monoisotopic (exact) mass is 119 g/mol. The standard InChI is InChI=1S/C8H9N/c1-6-3-4-8(9)7(2)5-6/h3-5,9H,1H2,2H3. The molecule has 0 fully saturated rings. The minimum atomic E-state index is 0.586. The van der Waals surface area contributed by atoms with Gasteiger partial charge in [-0.15, -0.1) is 0 Å². The normalized spacial score (nSPS) is 18.1. The van der Waals surface area contributed by atoms with Crippen LogP contribution in [0.15, 0.2) is 36.0 Å². The first-order valence-corrected chi connectivity index (χ1v) is 2.84. The van der Waals surface area contributed by atoms with Crippen LogP contribution in [-0.4, -0.2) is 5.71 Å². The molecule has 0 saturated carbocycles. The Bertz CT molecular complexity index is 219. The highest BCUT2D eigenvalue weighted by Gasteiger charge is 1.99. The molecule has 0 aliphatic heterocycles. The predicted octanol–water partition coefficient (Wildman–Crippen LogP) is 2.08. The van der Waals surface area contributed by atoms with Crippen LogP contribution < -0.4 is 0 Å². The van der Waals surface area contributed by atoms with Gasteiger partial charge < -0.3 is 5.41 Å². The lowest BCUT2D eigenvalue weighted by Crippen LogP contribution is -1.97. The Labute approximate surface area is 54.9 Å². The number of nitrogens with one attached hydrogen (secondary N) is 1. The molecule has 0 aromatic carbocycles. The minimum Gasteiger partial charge on any atom is -0.301 e. The molecule has 1 heteroatoms. The van der Waals surface area contributed by atoms with E-state index in [2.05, 4.69) is 6.58 Å². The van der Waals surface area contributed by atoms with E-state index in [0.29, 0.717) is 5.71 Å². The van der Waals surface area contributed by atoms with E-state index in [9.17, 15) is 0 Å². The van der Waals surface area contributed by atoms with Crippen LogP contribution in [0.1, 0.15) is 6.92 Å². The lowest BCUT2D eigenvalue weighted by atomic mass is 10.0. The summed E-state index contributed by atoms with van der Waals surface area (Å²) in [4.78, 5) is 0. The van der Waals surface area contributed by atoms with Gasteiger partial charge in [0.25, 0.3) is 0 Å². The summed E-state index contributed by atoms with van der Waals surface area (Å²) in [6.45, 7) is 5.65. The molecule has 1 N–H and O–H groups in total. The first kappa shape index (κ1) is 6.02. The number of rotatable bonds is 0. The molecule has 9 heavy (non-hydrogen) atoms. The predicted molar refractivity (Wildman–Crippen MR) is 39.8 cm³/mol. The third kappa shape index (κ3) is 1.17. The summed E-state index contributed by atoms with van der Waals surface area (Å²) in [6, 6.07) is 0. The molecule has 1 nitrogen and oxygen atoms in total. The molecule has 0 unspecified atom stereocenters. The average Bonchev–Trinajstić information content (AvgIpc) is 1.80. The quantitative estimate of drug-likeness (QED) is 0.504. The third-order valence-electron chi connectivity index (χ3n) is 1.29. The maximum atomic E-state index is 7.29. The van der Waals surface area contributed by atoms with Crippen LogP contribution in [0.3, 0.4) is 0 Å². The highest BCUT2D eigenvalue weighted by atomic mass is 14.4. The van der Waals surface area contributed by atoms with Gasteiger partial charge in [0, 0.05) is 0 Å². The lowest BCUT2D eigenvalue weighted by Gasteiger charge is -2.03. The number of hydrogen-bond acceptors (Lipinski definition) is 1. The van der Waals surface area contributed by atoms with Crippen molar-refractivity contribution in [2.75, 3.05) is 0 Å². The molecular formula is C8H9N. The molecule has 1 aliphatic carbocycles. The van der Waals surface area contributed by atoms with Crippen molar-refractivity contribution in [2.24, 2.45) is 0 Å². The van der Waals surface area contributed by atoms with E-state index in [4.69, 9.17) is 5.41 Å². The molecule has 0 aromatic rings. The molecule has 46 valence electrons. The molecule has 1 rings (SSSR count). The van der Waals surface area contributed by atoms with Gasteiger partial charge in [0.15, 0.2) is 0 Å². The van der Waals surface area contributed by atoms with Crippen LogP contribution in [0.4, 0.5) is 0 Å². The molecule has 0 bridgehead atoms. The van der Waals surface area contributed by atoms with E-state index in [0.717, 1.165) is 11.1 Å². The van der Waals surface area contributed by atoms with Crippen molar-refractivity contribution < 1.29 is 0 Å². The Morgan fingerprint density at radius 3 is 2.56 bits per heavy atom. The average molecular weight is 119 g/mol. The van der Waals surface area contributed by atoms with Crippen LogP contribution in [0, 0.1) is 5.41 Å². The second-order valence-electron chi connectivity index (χ2n) is 2.15. The number of hydrogen-bond donors (Lipinski definition) is 1. The molecule has 0 heterocycles. The SMILES string of the molecule is C=C1C=CC(=N)C(C)=C1. The molecule has 1 aliphatic rings. The van der Waals surface area contributed by atoms with Crippen LogP contribution in [0.25, 0.3) is 0 Å². The second-order valence-corrected chi connectivity index (χ2v) is 2.15. The van der Waals surface area contributed by atoms with Gasteiger partial charge in [-0.1, -0.05) is 18.7 Å². The van der Waals surface area contributed by atoms with Gasteiger partial charge in [0.05, 0.1) is 5.71 Å². The Kier molecular flexibility index (Phi) is 1.35. The zero-order chi connectivity index (χ0) is 6.85. The van der Waals surface area contributed by atoms with E-state index in [1.54, 1.807) is 6.08 Å². The highest BCUT2D eigenvalue weighted by molar-refractivity contribution is 6.07. The summed E-state index contributed by atoms with van der Waals surface area (Å²) in [5.41, 5.74) is 2.55. The zero-order valence-electron chi connectivity index (χ0n) is 5.44. The van der Waals surface area contributed by atoms with Crippen molar-refractivity contribution in [1.29, 1.82) is 5.41 Å². The van der Waals surface area contributed by atoms with Crippen molar-refractivity contribution in [3.8, 4) is 0 Å². The van der Waals surface area contributed by atoms with Gasteiger partial charge in [0.1, 0.15) is 0 Å². The molecule has 0 amide bonds. The van der Waals surface area contributed by atoms with Crippen molar-refractivity contribution in [3.63, 3.8) is 0 Å². The zero-order valence-corrected chi connectivity index (χ0v) is 5.44. The first-order chi connectivity index (χ1) is 4.20. The number of allylic oxidation sites excluding steroid dienone is 5. The molecular weight excluding hydrogens is 110 g/mol. The topological polar surface area (TPSA) is 23.9 Å². The fraction of sp³-hybridized carbons (Fsp3) is 0.125. The Morgan fingerprint density at radius 2 is 2.11 bits per heavy atom. The van der Waals surface area contributed by atoms with E-state index in [1.165, 1.54) is 0 Å². The largest absolute Gasteiger partial charge is 0.301 e. The third-order valence-corrected chi connectivity index (χ3v) is 1.29. The minimum absolute atomic E-state index is 0.586. The van der Waals surface area contributed by atoms with Crippen molar-refractivity contribution >= 4 is 5.71 Å². The van der Waals surface area contributed by atoms with Gasteiger partial charge in [-0.3, -0.25) is 0 Å². The van der Waals surface area contributed by atoms with E-state index >= 15 is 0 Å². The maximum absolute atomic E-state index is 7.29. The van der Waals surface area contributed by atoms with Crippen molar-refractivity contribution in [3.05, 3.63) is 36.0 Å². The summed E-state index contributed by atoms with van der Waals surface area (Å²) < 4.78 is 0. The Morgan fingerprint density at radius 1 is 1.44 bits per heavy atom. The summed E-state index contributed by atoms with van der Waals surface area (Å²) in [5.74, 6) is 0. The summed E-state index contributed by atoms with van der Waals surface area (Å²) in [6.07, 6.45) is 5.51. The van der Waals surface area contributed by atoms with Crippen LogP contribution >= 0.6 is 0 Å². The highest BCUT2D eigenvalue weighted by Crippen LogP contribution is 2.09. The smallest absolute Gasteiger partial charge is 0.0569 e. The fourth-order valence-electron chi connectivity index (χ4n) is 0.726. The van der Waals surface area contributed by atoms with Crippen LogP contribution in [0.2, 0.25) is 0 Å². The van der Waals surface area contributed by atoms with Gasteiger partial charge in [-0.2, -0.15) is 0 Å². The molecule has 0 aromatic heterocycles. The molecule has 0 radical (unpaired) electrons. The molecule has 0 atom stereocenters. The Hall–Kier alpha value is -1.11. The summed E-state index contributed by atoms with van der Waals surface area (Å²) in [7, 11) is 0. The maximum Gasteiger partial charge on any atom is 0.0569 e. The summed E-state index contributed by atoms with van der Waals surface area (Å²) >= 11 is 0. The van der Waals surface area contributed by atoms with E-state index < -0.39 is 0 Å². The molecule has 0 spiro atoms. The van der Waals surface area contributed by atoms with Gasteiger partial charge in [-0.05, 0) is 24.1 Å². The van der Waals surface area contributed by atoms with Crippen molar-refractivity contribution in [2.45, 2.75) is 6.92 Å². The van der Waals surface area contributed by atoms with Gasteiger partial charge in [0.2, 0.25) is 0 Å². The summed E-state index contributed by atoms with van der Waals surface area (Å²) in [5, 5.41) is 7.29. The lowest BCUT2D eigenvalue weighted by molar-refractivity contribution is 1.43. The van der Waals surface area contributed by atoms with Crippen LogP contribution in [-0.2, 0) is 0 Å². The Balaban J connectivity index is 2.95. The van der Waals surface area contributed by atoms with E-state index in [1.807, 2.05) is 19.1 Å². The second kappa shape index (κ2) is 2.02. The van der Waals surface area contributed by atoms with Crippen LogP contribution in [0.5, 0.6) is 0 Å². The fourth-order valence-corrected chi connectivity index (χ4v) is 0.726. The van der Waals surface area contributed by atoms with Crippen molar-refractivity contribution in [1.82, 2.24) is 0 Å².